The highest BCUT2D eigenvalue weighted by atomic mass is 32.2. The summed E-state index contributed by atoms with van der Waals surface area (Å²) in [4.78, 5) is 11.4. The van der Waals surface area contributed by atoms with Crippen molar-refractivity contribution in [3.8, 4) is 0 Å². The van der Waals surface area contributed by atoms with Gasteiger partial charge in [-0.1, -0.05) is 6.92 Å². The molecule has 0 aliphatic carbocycles. The number of nitrogens with two attached hydrogens (primary N) is 1. The van der Waals surface area contributed by atoms with Gasteiger partial charge < -0.3 is 16.2 Å². The van der Waals surface area contributed by atoms with Crippen molar-refractivity contribution in [1.82, 2.24) is 5.32 Å². The summed E-state index contributed by atoms with van der Waals surface area (Å²) in [6.07, 6.45) is 3.57. The molecule has 0 saturated carbocycles. The Bertz CT molecular complexity index is 215. The van der Waals surface area contributed by atoms with Gasteiger partial charge in [-0.25, -0.2) is 0 Å². The van der Waals surface area contributed by atoms with Crippen LogP contribution in [0.4, 0.5) is 0 Å². The fourth-order valence-corrected chi connectivity index (χ4v) is 2.38. The molecule has 17 heavy (non-hydrogen) atoms. The third kappa shape index (κ3) is 7.63. The minimum absolute atomic E-state index is 0.254. The summed E-state index contributed by atoms with van der Waals surface area (Å²) in [7, 11) is 0. The Labute approximate surface area is 109 Å². The van der Waals surface area contributed by atoms with Crippen molar-refractivity contribution in [1.29, 1.82) is 0 Å². The Morgan fingerprint density at radius 3 is 2.59 bits per heavy atom. The van der Waals surface area contributed by atoms with E-state index in [4.69, 9.17) is 10.8 Å². The molecule has 0 aromatic heterocycles. The van der Waals surface area contributed by atoms with Crippen LogP contribution in [0.5, 0.6) is 0 Å². The van der Waals surface area contributed by atoms with Gasteiger partial charge in [0.15, 0.2) is 0 Å². The number of rotatable bonds is 11. The Balaban J connectivity index is 3.81. The molecule has 0 heterocycles. The first-order valence-electron chi connectivity index (χ1n) is 6.30. The topological polar surface area (TPSA) is 75.3 Å². The molecule has 0 fully saturated rings. The largest absolute Gasteiger partial charge is 0.396 e. The Kier molecular flexibility index (Phi) is 9.59. The van der Waals surface area contributed by atoms with Crippen molar-refractivity contribution in [3.05, 3.63) is 0 Å². The van der Waals surface area contributed by atoms with Crippen molar-refractivity contribution >= 4 is 17.7 Å². The molecule has 0 spiro atoms. The number of carbonyl (C=O) groups is 1. The van der Waals surface area contributed by atoms with Gasteiger partial charge >= 0.3 is 0 Å². The van der Waals surface area contributed by atoms with Crippen LogP contribution in [-0.4, -0.2) is 41.2 Å². The summed E-state index contributed by atoms with van der Waals surface area (Å²) < 4.78 is 0. The standard InChI is InChI=1S/C12H26N2O2S/c1-3-7-14-12(2,11(13)16)6-4-9-17-10-5-8-15/h14-15H,3-10H2,1-2H3,(H2,13,16). The second-order valence-corrected chi connectivity index (χ2v) is 5.64. The molecule has 1 atom stereocenters. The van der Waals surface area contributed by atoms with Crippen molar-refractivity contribution in [3.63, 3.8) is 0 Å². The van der Waals surface area contributed by atoms with Crippen LogP contribution in [0, 0.1) is 0 Å². The van der Waals surface area contributed by atoms with Gasteiger partial charge in [-0.15, -0.1) is 0 Å². The van der Waals surface area contributed by atoms with E-state index in [1.54, 1.807) is 0 Å². The van der Waals surface area contributed by atoms with Crippen LogP contribution in [0.2, 0.25) is 0 Å². The predicted molar refractivity (Wildman–Crippen MR) is 74.2 cm³/mol. The molecule has 0 bridgehead atoms. The van der Waals surface area contributed by atoms with Crippen LogP contribution in [-0.2, 0) is 4.79 Å². The lowest BCUT2D eigenvalue weighted by Gasteiger charge is -2.27. The molecule has 5 heteroatoms. The minimum atomic E-state index is -0.576. The summed E-state index contributed by atoms with van der Waals surface area (Å²) in [6.45, 7) is 5.02. The number of aliphatic hydroxyl groups is 1. The van der Waals surface area contributed by atoms with Gasteiger partial charge in [-0.3, -0.25) is 4.79 Å². The highest BCUT2D eigenvalue weighted by molar-refractivity contribution is 7.99. The lowest BCUT2D eigenvalue weighted by atomic mass is 9.95. The van der Waals surface area contributed by atoms with Crippen LogP contribution < -0.4 is 11.1 Å². The smallest absolute Gasteiger partial charge is 0.237 e. The zero-order valence-electron chi connectivity index (χ0n) is 11.0. The van der Waals surface area contributed by atoms with Gasteiger partial charge in [0, 0.05) is 6.61 Å². The van der Waals surface area contributed by atoms with Crippen molar-refractivity contribution in [2.75, 3.05) is 24.7 Å². The normalized spacial score (nSPS) is 14.5. The van der Waals surface area contributed by atoms with Crippen LogP contribution in [0.3, 0.4) is 0 Å². The molecule has 1 amide bonds. The number of nitrogens with one attached hydrogen (secondary N) is 1. The highest BCUT2D eigenvalue weighted by Crippen LogP contribution is 2.15. The summed E-state index contributed by atoms with van der Waals surface area (Å²) in [5.41, 5.74) is 4.86. The zero-order valence-corrected chi connectivity index (χ0v) is 11.8. The second kappa shape index (κ2) is 9.74. The number of aliphatic hydroxyl groups excluding tert-OH is 1. The molecule has 0 aliphatic heterocycles. The number of thioether (sulfide) groups is 1. The Morgan fingerprint density at radius 1 is 1.41 bits per heavy atom. The first-order valence-corrected chi connectivity index (χ1v) is 7.46. The summed E-state index contributed by atoms with van der Waals surface area (Å²) in [5.74, 6) is 1.72. The van der Waals surface area contributed by atoms with Crippen molar-refractivity contribution in [2.45, 2.75) is 45.1 Å². The van der Waals surface area contributed by atoms with Crippen molar-refractivity contribution < 1.29 is 9.90 Å². The first kappa shape index (κ1) is 16.7. The number of hydrogen-bond donors (Lipinski definition) is 3. The fourth-order valence-electron chi connectivity index (χ4n) is 1.50. The highest BCUT2D eigenvalue weighted by Gasteiger charge is 2.29. The maximum Gasteiger partial charge on any atom is 0.237 e. The second-order valence-electron chi connectivity index (χ2n) is 4.42. The lowest BCUT2D eigenvalue weighted by molar-refractivity contribution is -0.124. The van der Waals surface area contributed by atoms with Crippen LogP contribution in [0.1, 0.15) is 39.5 Å². The third-order valence-corrected chi connectivity index (χ3v) is 3.88. The summed E-state index contributed by atoms with van der Waals surface area (Å²) in [5, 5.41) is 11.9. The molecular formula is C12H26N2O2S. The number of amides is 1. The molecule has 0 radical (unpaired) electrons. The molecule has 0 rings (SSSR count). The third-order valence-electron chi connectivity index (χ3n) is 2.72. The van der Waals surface area contributed by atoms with Crippen LogP contribution in [0.15, 0.2) is 0 Å². The molecule has 1 unspecified atom stereocenters. The minimum Gasteiger partial charge on any atom is -0.396 e. The maximum absolute atomic E-state index is 11.4. The molecular weight excluding hydrogens is 236 g/mol. The molecule has 0 aromatic carbocycles. The number of carbonyl (C=O) groups excluding carboxylic acids is 1. The van der Waals surface area contributed by atoms with Gasteiger partial charge in [0.2, 0.25) is 5.91 Å². The van der Waals surface area contributed by atoms with E-state index in [1.165, 1.54) is 0 Å². The SMILES string of the molecule is CCCNC(C)(CCCSCCCO)C(N)=O. The van der Waals surface area contributed by atoms with E-state index in [0.717, 1.165) is 43.7 Å². The number of hydrogen-bond acceptors (Lipinski definition) is 4. The quantitative estimate of drug-likeness (QED) is 0.488. The van der Waals surface area contributed by atoms with Gasteiger partial charge in [0.05, 0.1) is 5.54 Å². The van der Waals surface area contributed by atoms with E-state index in [1.807, 2.05) is 18.7 Å². The van der Waals surface area contributed by atoms with Crippen LogP contribution >= 0.6 is 11.8 Å². The van der Waals surface area contributed by atoms with Gasteiger partial charge in [0.1, 0.15) is 0 Å². The average molecular weight is 262 g/mol. The van der Waals surface area contributed by atoms with Crippen LogP contribution in [0.25, 0.3) is 0 Å². The molecule has 102 valence electrons. The Hall–Kier alpha value is -0.260. The van der Waals surface area contributed by atoms with Gasteiger partial charge in [-0.05, 0) is 50.7 Å². The van der Waals surface area contributed by atoms with E-state index in [-0.39, 0.29) is 12.5 Å². The fraction of sp³-hybridized carbons (Fsp3) is 0.917. The van der Waals surface area contributed by atoms with E-state index in [2.05, 4.69) is 12.2 Å². The van der Waals surface area contributed by atoms with E-state index >= 15 is 0 Å². The van der Waals surface area contributed by atoms with E-state index < -0.39 is 5.54 Å². The van der Waals surface area contributed by atoms with E-state index in [9.17, 15) is 4.79 Å². The molecule has 4 N–H and O–H groups in total. The summed E-state index contributed by atoms with van der Waals surface area (Å²) in [6, 6.07) is 0. The van der Waals surface area contributed by atoms with Gasteiger partial charge in [-0.2, -0.15) is 11.8 Å². The number of primary amides is 1. The van der Waals surface area contributed by atoms with Gasteiger partial charge in [0.25, 0.3) is 0 Å². The van der Waals surface area contributed by atoms with E-state index in [0.29, 0.717) is 0 Å². The molecule has 0 aromatic rings. The monoisotopic (exact) mass is 262 g/mol. The zero-order chi connectivity index (χ0) is 13.1. The Morgan fingerprint density at radius 2 is 2.06 bits per heavy atom. The average Bonchev–Trinajstić information content (AvgIpc) is 2.31. The lowest BCUT2D eigenvalue weighted by Crippen LogP contribution is -2.53. The molecule has 0 aliphatic rings. The van der Waals surface area contributed by atoms with Crippen molar-refractivity contribution in [2.24, 2.45) is 5.73 Å². The summed E-state index contributed by atoms with van der Waals surface area (Å²) >= 11 is 1.81. The predicted octanol–water partition coefficient (Wildman–Crippen LogP) is 1.13. The molecule has 0 saturated heterocycles. The maximum atomic E-state index is 11.4. The first-order chi connectivity index (χ1) is 8.06. The molecule has 4 nitrogen and oxygen atoms in total.